The van der Waals surface area contributed by atoms with Crippen molar-refractivity contribution in [1.29, 1.82) is 0 Å². The number of rotatable bonds is 6. The molecule has 28 heavy (non-hydrogen) atoms. The minimum absolute atomic E-state index is 0.0695. The van der Waals surface area contributed by atoms with Crippen LogP contribution in [-0.4, -0.2) is 20.0 Å². The van der Waals surface area contributed by atoms with Gasteiger partial charge in [0, 0.05) is 10.7 Å². The molecular formula is C19H16ClN3O3S2. The van der Waals surface area contributed by atoms with Gasteiger partial charge in [0.15, 0.2) is 0 Å². The highest BCUT2D eigenvalue weighted by molar-refractivity contribution is 7.89. The van der Waals surface area contributed by atoms with E-state index in [-0.39, 0.29) is 10.8 Å². The first-order chi connectivity index (χ1) is 13.3. The molecule has 0 aliphatic carbocycles. The van der Waals surface area contributed by atoms with Crippen molar-refractivity contribution >= 4 is 50.3 Å². The van der Waals surface area contributed by atoms with Crippen LogP contribution in [0.15, 0.2) is 76.0 Å². The highest BCUT2D eigenvalue weighted by Gasteiger charge is 2.13. The molecule has 6 nitrogen and oxygen atoms in total. The van der Waals surface area contributed by atoms with E-state index < -0.39 is 10.0 Å². The predicted octanol–water partition coefficient (Wildman–Crippen LogP) is 4.36. The summed E-state index contributed by atoms with van der Waals surface area (Å²) < 4.78 is 24.5. The third-order valence-corrected chi connectivity index (χ3v) is 6.11. The Bertz CT molecular complexity index is 1090. The van der Waals surface area contributed by atoms with E-state index >= 15 is 0 Å². The summed E-state index contributed by atoms with van der Waals surface area (Å²) in [5, 5.41) is 9.04. The van der Waals surface area contributed by atoms with Gasteiger partial charge in [0.1, 0.15) is 0 Å². The normalized spacial score (nSPS) is 11.9. The smallest absolute Gasteiger partial charge is 0.276 e. The van der Waals surface area contributed by atoms with Gasteiger partial charge in [-0.1, -0.05) is 29.8 Å². The summed E-state index contributed by atoms with van der Waals surface area (Å²) in [7, 11) is -3.78. The minimum Gasteiger partial charge on any atom is -0.321 e. The van der Waals surface area contributed by atoms with Gasteiger partial charge in [-0.3, -0.25) is 4.79 Å². The number of hydrogen-bond donors (Lipinski definition) is 2. The number of amides is 1. The number of anilines is 1. The molecule has 144 valence electrons. The summed E-state index contributed by atoms with van der Waals surface area (Å²) in [4.78, 5) is 15.0. The number of carbonyl (C=O) groups excluding carboxylic acids is 1. The van der Waals surface area contributed by atoms with Gasteiger partial charge in [0.25, 0.3) is 15.9 Å². The van der Waals surface area contributed by atoms with E-state index in [9.17, 15) is 13.2 Å². The summed E-state index contributed by atoms with van der Waals surface area (Å²) in [6, 6.07) is 16.3. The standard InChI is InChI=1S/C19H16ClN3O3S2/c1-13(22-23-28(25,26)17-10-6-15(20)7-11-17)14-4-8-16(9-5-14)21-19(24)18-3-2-12-27-18/h2-12,23H,1H3,(H,21,24)/b22-13+. The van der Waals surface area contributed by atoms with Gasteiger partial charge in [-0.15, -0.1) is 11.3 Å². The fourth-order valence-corrected chi connectivity index (χ4v) is 3.86. The Labute approximate surface area is 171 Å². The third kappa shape index (κ3) is 4.98. The molecule has 1 aromatic heterocycles. The number of halogens is 1. The van der Waals surface area contributed by atoms with E-state index in [0.29, 0.717) is 26.9 Å². The van der Waals surface area contributed by atoms with Crippen LogP contribution in [0.2, 0.25) is 5.02 Å². The Morgan fingerprint density at radius 1 is 1.04 bits per heavy atom. The molecule has 0 saturated carbocycles. The molecule has 0 atom stereocenters. The van der Waals surface area contributed by atoms with Crippen molar-refractivity contribution in [2.75, 3.05) is 5.32 Å². The molecule has 0 unspecified atom stereocenters. The van der Waals surface area contributed by atoms with Crippen LogP contribution in [0.5, 0.6) is 0 Å². The van der Waals surface area contributed by atoms with Crippen LogP contribution in [0, 0.1) is 0 Å². The van der Waals surface area contributed by atoms with Crippen LogP contribution < -0.4 is 10.1 Å². The van der Waals surface area contributed by atoms with Crippen molar-refractivity contribution in [3.8, 4) is 0 Å². The third-order valence-electron chi connectivity index (χ3n) is 3.76. The lowest BCUT2D eigenvalue weighted by atomic mass is 10.1. The fourth-order valence-electron chi connectivity index (χ4n) is 2.25. The minimum atomic E-state index is -3.78. The Hall–Kier alpha value is -2.68. The summed E-state index contributed by atoms with van der Waals surface area (Å²) in [6.45, 7) is 1.68. The van der Waals surface area contributed by atoms with Gasteiger partial charge < -0.3 is 5.32 Å². The first-order valence-electron chi connectivity index (χ1n) is 8.12. The van der Waals surface area contributed by atoms with Crippen molar-refractivity contribution in [3.05, 3.63) is 81.5 Å². The lowest BCUT2D eigenvalue weighted by Gasteiger charge is -2.07. The van der Waals surface area contributed by atoms with E-state index in [0.717, 1.165) is 0 Å². The molecule has 1 amide bonds. The number of nitrogens with one attached hydrogen (secondary N) is 2. The summed E-state index contributed by atoms with van der Waals surface area (Å²) in [5.41, 5.74) is 1.83. The zero-order chi connectivity index (χ0) is 20.1. The number of thiophene rings is 1. The van der Waals surface area contributed by atoms with Crippen LogP contribution in [0.1, 0.15) is 22.2 Å². The monoisotopic (exact) mass is 433 g/mol. The largest absolute Gasteiger partial charge is 0.321 e. The number of carbonyl (C=O) groups is 1. The van der Waals surface area contributed by atoms with Crippen molar-refractivity contribution in [2.24, 2.45) is 5.10 Å². The van der Waals surface area contributed by atoms with Crippen molar-refractivity contribution < 1.29 is 13.2 Å². The number of nitrogens with zero attached hydrogens (tertiary/aromatic N) is 1. The SMILES string of the molecule is C/C(=N\NS(=O)(=O)c1ccc(Cl)cc1)c1ccc(NC(=O)c2cccs2)cc1. The molecule has 0 bridgehead atoms. The second-order valence-corrected chi connectivity index (χ2v) is 8.80. The number of hydrogen-bond acceptors (Lipinski definition) is 5. The van der Waals surface area contributed by atoms with Gasteiger partial charge in [-0.2, -0.15) is 18.4 Å². The first-order valence-corrected chi connectivity index (χ1v) is 10.9. The predicted molar refractivity (Wildman–Crippen MR) is 113 cm³/mol. The number of sulfonamides is 1. The maximum atomic E-state index is 12.3. The molecule has 3 rings (SSSR count). The summed E-state index contributed by atoms with van der Waals surface area (Å²) >= 11 is 7.14. The molecule has 3 aromatic rings. The highest BCUT2D eigenvalue weighted by atomic mass is 35.5. The van der Waals surface area contributed by atoms with E-state index in [4.69, 9.17) is 11.6 Å². The van der Waals surface area contributed by atoms with Gasteiger partial charge >= 0.3 is 0 Å². The average molecular weight is 434 g/mol. The lowest BCUT2D eigenvalue weighted by Crippen LogP contribution is -2.19. The molecule has 9 heteroatoms. The molecule has 2 N–H and O–H groups in total. The maximum Gasteiger partial charge on any atom is 0.276 e. The molecule has 0 saturated heterocycles. The van der Waals surface area contributed by atoms with Crippen molar-refractivity contribution in [2.45, 2.75) is 11.8 Å². The Morgan fingerprint density at radius 3 is 2.32 bits per heavy atom. The molecular weight excluding hydrogens is 418 g/mol. The molecule has 1 heterocycles. The molecule has 0 aliphatic heterocycles. The highest BCUT2D eigenvalue weighted by Crippen LogP contribution is 2.16. The Morgan fingerprint density at radius 2 is 1.71 bits per heavy atom. The molecule has 2 aromatic carbocycles. The summed E-state index contributed by atoms with van der Waals surface area (Å²) in [6.07, 6.45) is 0. The lowest BCUT2D eigenvalue weighted by molar-refractivity contribution is 0.103. The van der Waals surface area contributed by atoms with Gasteiger partial charge in [0.05, 0.1) is 15.5 Å². The number of hydrazone groups is 1. The summed E-state index contributed by atoms with van der Waals surface area (Å²) in [5.74, 6) is -0.177. The second-order valence-electron chi connectivity index (χ2n) is 5.75. The molecule has 0 fully saturated rings. The van der Waals surface area contributed by atoms with Crippen LogP contribution in [-0.2, 0) is 10.0 Å². The van der Waals surface area contributed by atoms with Gasteiger partial charge in [-0.05, 0) is 60.3 Å². The fraction of sp³-hybridized carbons (Fsp3) is 0.0526. The van der Waals surface area contributed by atoms with Crippen LogP contribution in [0.3, 0.4) is 0 Å². The van der Waals surface area contributed by atoms with E-state index in [1.807, 2.05) is 11.4 Å². The zero-order valence-electron chi connectivity index (χ0n) is 14.7. The Balaban J connectivity index is 1.67. The van der Waals surface area contributed by atoms with Gasteiger partial charge in [0.2, 0.25) is 0 Å². The Kier molecular flexibility index (Phi) is 6.13. The van der Waals surface area contributed by atoms with E-state index in [1.165, 1.54) is 35.6 Å². The van der Waals surface area contributed by atoms with Crippen LogP contribution >= 0.6 is 22.9 Å². The van der Waals surface area contributed by atoms with E-state index in [1.54, 1.807) is 37.3 Å². The zero-order valence-corrected chi connectivity index (χ0v) is 17.1. The molecule has 0 aliphatic rings. The van der Waals surface area contributed by atoms with Crippen LogP contribution in [0.25, 0.3) is 0 Å². The average Bonchev–Trinajstić information content (AvgIpc) is 3.22. The van der Waals surface area contributed by atoms with Gasteiger partial charge in [-0.25, -0.2) is 0 Å². The number of benzene rings is 2. The van der Waals surface area contributed by atoms with Crippen molar-refractivity contribution in [3.63, 3.8) is 0 Å². The quantitative estimate of drug-likeness (QED) is 0.447. The second kappa shape index (κ2) is 8.55. The van der Waals surface area contributed by atoms with Crippen LogP contribution in [0.4, 0.5) is 5.69 Å². The molecule has 0 spiro atoms. The maximum absolute atomic E-state index is 12.3. The van der Waals surface area contributed by atoms with E-state index in [2.05, 4.69) is 15.2 Å². The molecule has 0 radical (unpaired) electrons. The topological polar surface area (TPSA) is 87.6 Å². The first kappa shape index (κ1) is 20.1. The van der Waals surface area contributed by atoms with Crippen molar-refractivity contribution in [1.82, 2.24) is 4.83 Å².